The molecule has 0 spiro atoms. The van der Waals surface area contributed by atoms with Gasteiger partial charge in [0, 0.05) is 0 Å². The van der Waals surface area contributed by atoms with Crippen LogP contribution in [-0.2, 0) is 9.59 Å². The van der Waals surface area contributed by atoms with Crippen LogP contribution in [0.15, 0.2) is 47.4 Å². The van der Waals surface area contributed by atoms with Gasteiger partial charge in [-0.2, -0.15) is 0 Å². The quantitative estimate of drug-likeness (QED) is 0.693. The van der Waals surface area contributed by atoms with Gasteiger partial charge in [-0.1, -0.05) is 29.8 Å². The van der Waals surface area contributed by atoms with Gasteiger partial charge in [0.15, 0.2) is 0 Å². The molecule has 0 radical (unpaired) electrons. The molecular formula is C20H17ClN2O5S. The number of hydrogen-bond acceptors (Lipinski definition) is 6. The minimum absolute atomic E-state index is 0.210. The van der Waals surface area contributed by atoms with Crippen molar-refractivity contribution in [3.63, 3.8) is 0 Å². The SMILES string of the molecule is COc1ccc(/C=C2\SC(=O)N(CC(=O)Nc3ccccc3OC)C2=O)cc1Cl. The molecule has 1 N–H and O–H groups in total. The molecule has 2 aromatic carbocycles. The van der Waals surface area contributed by atoms with E-state index < -0.39 is 23.6 Å². The summed E-state index contributed by atoms with van der Waals surface area (Å²) < 4.78 is 10.3. The average molecular weight is 433 g/mol. The van der Waals surface area contributed by atoms with Crippen LogP contribution < -0.4 is 14.8 Å². The van der Waals surface area contributed by atoms with Crippen LogP contribution >= 0.6 is 23.4 Å². The summed E-state index contributed by atoms with van der Waals surface area (Å²) in [5.74, 6) is -0.0659. The highest BCUT2D eigenvalue weighted by atomic mass is 35.5. The van der Waals surface area contributed by atoms with Gasteiger partial charge in [-0.25, -0.2) is 0 Å². The Morgan fingerprint density at radius 3 is 2.55 bits per heavy atom. The Balaban J connectivity index is 1.72. The van der Waals surface area contributed by atoms with E-state index in [1.54, 1.807) is 48.5 Å². The van der Waals surface area contributed by atoms with Gasteiger partial charge in [0.2, 0.25) is 5.91 Å². The number of benzene rings is 2. The van der Waals surface area contributed by atoms with Crippen molar-refractivity contribution in [3.05, 3.63) is 58.0 Å². The topological polar surface area (TPSA) is 84.9 Å². The first-order valence-electron chi connectivity index (χ1n) is 8.44. The molecule has 150 valence electrons. The monoisotopic (exact) mass is 432 g/mol. The van der Waals surface area contributed by atoms with Crippen molar-refractivity contribution in [2.24, 2.45) is 0 Å². The highest BCUT2D eigenvalue weighted by Crippen LogP contribution is 2.33. The molecule has 1 aliphatic heterocycles. The molecule has 0 aromatic heterocycles. The van der Waals surface area contributed by atoms with E-state index in [0.717, 1.165) is 16.7 Å². The van der Waals surface area contributed by atoms with E-state index in [2.05, 4.69) is 5.32 Å². The molecular weight excluding hydrogens is 416 g/mol. The Labute approximate surface area is 176 Å². The summed E-state index contributed by atoms with van der Waals surface area (Å²) in [7, 11) is 2.99. The van der Waals surface area contributed by atoms with E-state index in [0.29, 0.717) is 27.8 Å². The second-order valence-electron chi connectivity index (χ2n) is 5.91. The van der Waals surface area contributed by atoms with Gasteiger partial charge in [0.1, 0.15) is 18.0 Å². The van der Waals surface area contributed by atoms with Crippen LogP contribution in [0.1, 0.15) is 5.56 Å². The third-order valence-corrected chi connectivity index (χ3v) is 5.23. The van der Waals surface area contributed by atoms with E-state index in [4.69, 9.17) is 21.1 Å². The molecule has 0 unspecified atom stereocenters. The standard InChI is InChI=1S/C20H17ClN2O5S/c1-27-15-8-7-12(9-13(15)21)10-17-19(25)23(20(26)29-17)11-18(24)22-14-5-3-4-6-16(14)28-2/h3-10H,11H2,1-2H3,(H,22,24)/b17-10-. The van der Waals surface area contributed by atoms with Crippen LogP contribution in [0.5, 0.6) is 11.5 Å². The highest BCUT2D eigenvalue weighted by Gasteiger charge is 2.36. The lowest BCUT2D eigenvalue weighted by molar-refractivity contribution is -0.127. The van der Waals surface area contributed by atoms with Crippen molar-refractivity contribution in [2.75, 3.05) is 26.1 Å². The van der Waals surface area contributed by atoms with Crippen LogP contribution in [0.3, 0.4) is 0 Å². The van der Waals surface area contributed by atoms with Crippen LogP contribution in [0.4, 0.5) is 10.5 Å². The number of para-hydroxylation sites is 2. The average Bonchev–Trinajstić information content (AvgIpc) is 2.96. The Morgan fingerprint density at radius 2 is 1.86 bits per heavy atom. The van der Waals surface area contributed by atoms with Gasteiger partial charge in [-0.05, 0) is 47.7 Å². The van der Waals surface area contributed by atoms with Crippen LogP contribution in [0.2, 0.25) is 5.02 Å². The molecule has 0 aliphatic carbocycles. The molecule has 1 saturated heterocycles. The third kappa shape index (κ3) is 4.72. The minimum Gasteiger partial charge on any atom is -0.495 e. The van der Waals surface area contributed by atoms with Crippen molar-refractivity contribution in [3.8, 4) is 11.5 Å². The largest absolute Gasteiger partial charge is 0.495 e. The van der Waals surface area contributed by atoms with Crippen LogP contribution in [0, 0.1) is 0 Å². The molecule has 7 nitrogen and oxygen atoms in total. The molecule has 1 fully saturated rings. The fourth-order valence-corrected chi connectivity index (χ4v) is 3.75. The number of imide groups is 1. The number of hydrogen-bond donors (Lipinski definition) is 1. The number of anilines is 1. The Bertz CT molecular complexity index is 1010. The second kappa shape index (κ2) is 9.02. The lowest BCUT2D eigenvalue weighted by Crippen LogP contribution is -2.36. The van der Waals surface area contributed by atoms with E-state index in [1.807, 2.05) is 0 Å². The summed E-state index contributed by atoms with van der Waals surface area (Å²) in [5, 5.41) is 2.51. The van der Waals surface area contributed by atoms with Gasteiger partial charge in [0.25, 0.3) is 11.1 Å². The van der Waals surface area contributed by atoms with Gasteiger partial charge in [0.05, 0.1) is 29.8 Å². The number of carbonyl (C=O) groups is 3. The Hall–Kier alpha value is -2.97. The van der Waals surface area contributed by atoms with E-state index in [-0.39, 0.29) is 4.91 Å². The zero-order valence-electron chi connectivity index (χ0n) is 15.6. The zero-order valence-corrected chi connectivity index (χ0v) is 17.2. The molecule has 29 heavy (non-hydrogen) atoms. The van der Waals surface area contributed by atoms with E-state index in [1.165, 1.54) is 14.2 Å². The predicted molar refractivity (Wildman–Crippen MR) is 112 cm³/mol. The second-order valence-corrected chi connectivity index (χ2v) is 7.31. The predicted octanol–water partition coefficient (Wildman–Crippen LogP) is 4.03. The molecule has 1 heterocycles. The maximum absolute atomic E-state index is 12.6. The number of halogens is 1. The summed E-state index contributed by atoms with van der Waals surface area (Å²) in [6.07, 6.45) is 1.55. The van der Waals surface area contributed by atoms with Crippen molar-refractivity contribution < 1.29 is 23.9 Å². The summed E-state index contributed by atoms with van der Waals surface area (Å²) >= 11 is 6.86. The van der Waals surface area contributed by atoms with E-state index in [9.17, 15) is 14.4 Å². The van der Waals surface area contributed by atoms with Crippen LogP contribution in [0.25, 0.3) is 6.08 Å². The van der Waals surface area contributed by atoms with Gasteiger partial charge >= 0.3 is 0 Å². The number of amides is 3. The van der Waals surface area contributed by atoms with Crippen molar-refractivity contribution in [1.82, 2.24) is 4.90 Å². The summed E-state index contributed by atoms with van der Waals surface area (Å²) in [6.45, 7) is -0.399. The molecule has 2 aromatic rings. The van der Waals surface area contributed by atoms with E-state index >= 15 is 0 Å². The highest BCUT2D eigenvalue weighted by molar-refractivity contribution is 8.18. The first kappa shape index (κ1) is 20.8. The van der Waals surface area contributed by atoms with Crippen LogP contribution in [-0.4, -0.2) is 42.7 Å². The number of thioether (sulfide) groups is 1. The number of rotatable bonds is 6. The number of nitrogens with one attached hydrogen (secondary N) is 1. The van der Waals surface area contributed by atoms with Gasteiger partial charge in [-0.3, -0.25) is 19.3 Å². The summed E-state index contributed by atoms with van der Waals surface area (Å²) in [6, 6.07) is 11.9. The van der Waals surface area contributed by atoms with Crippen molar-refractivity contribution >= 4 is 52.2 Å². The molecule has 0 saturated carbocycles. The lowest BCUT2D eigenvalue weighted by Gasteiger charge is -2.14. The maximum atomic E-state index is 12.6. The summed E-state index contributed by atoms with van der Waals surface area (Å²) in [5.41, 5.74) is 1.09. The first-order valence-corrected chi connectivity index (χ1v) is 9.64. The first-order chi connectivity index (χ1) is 13.9. The number of methoxy groups -OCH3 is 2. The van der Waals surface area contributed by atoms with Crippen molar-refractivity contribution in [1.29, 1.82) is 0 Å². The normalized spacial score (nSPS) is 15.0. The molecule has 1 aliphatic rings. The number of nitrogens with zero attached hydrogens (tertiary/aromatic N) is 1. The Kier molecular flexibility index (Phi) is 6.46. The fraction of sp³-hybridized carbons (Fsp3) is 0.150. The lowest BCUT2D eigenvalue weighted by atomic mass is 10.2. The molecule has 3 amide bonds. The molecule has 0 atom stereocenters. The Morgan fingerprint density at radius 1 is 1.14 bits per heavy atom. The fourth-order valence-electron chi connectivity index (χ4n) is 2.64. The van der Waals surface area contributed by atoms with Gasteiger partial charge in [-0.15, -0.1) is 0 Å². The number of ether oxygens (including phenoxy) is 2. The molecule has 0 bridgehead atoms. The van der Waals surface area contributed by atoms with Crippen molar-refractivity contribution in [2.45, 2.75) is 0 Å². The third-order valence-electron chi connectivity index (χ3n) is 4.03. The zero-order chi connectivity index (χ0) is 21.0. The molecule has 9 heteroatoms. The maximum Gasteiger partial charge on any atom is 0.294 e. The number of carbonyl (C=O) groups excluding carboxylic acids is 3. The smallest absolute Gasteiger partial charge is 0.294 e. The van der Waals surface area contributed by atoms with Gasteiger partial charge < -0.3 is 14.8 Å². The summed E-state index contributed by atoms with van der Waals surface area (Å²) in [4.78, 5) is 38.3. The minimum atomic E-state index is -0.540. The molecule has 3 rings (SSSR count).